The van der Waals surface area contributed by atoms with Crippen molar-refractivity contribution in [2.75, 3.05) is 11.1 Å². The molecule has 0 atom stereocenters. The lowest BCUT2D eigenvalue weighted by atomic mass is 9.96. The van der Waals surface area contributed by atoms with Crippen molar-refractivity contribution in [3.63, 3.8) is 0 Å². The second-order valence-electron chi connectivity index (χ2n) is 6.61. The molecule has 0 aliphatic heterocycles. The standard InChI is InChI=1S/C20H18N4O2S2/c1-12-5-4-6-13(9-12)18-23-24-20(26-18)27-11-17(25)22-19-15(10-21)14-7-2-3-8-16(14)28-19/h4-6,9H,2-3,7-8,11H2,1H3,(H,22,25). The van der Waals surface area contributed by atoms with Crippen LogP contribution in [0.3, 0.4) is 0 Å². The van der Waals surface area contributed by atoms with Crippen molar-refractivity contribution in [2.45, 2.75) is 37.8 Å². The molecular formula is C20H18N4O2S2. The Balaban J connectivity index is 1.39. The van der Waals surface area contributed by atoms with E-state index in [2.05, 4.69) is 21.6 Å². The van der Waals surface area contributed by atoms with Crippen molar-refractivity contribution >= 4 is 34.0 Å². The van der Waals surface area contributed by atoms with Crippen molar-refractivity contribution in [3.8, 4) is 17.5 Å². The smallest absolute Gasteiger partial charge is 0.277 e. The molecule has 28 heavy (non-hydrogen) atoms. The van der Waals surface area contributed by atoms with Crippen molar-refractivity contribution in [1.29, 1.82) is 5.26 Å². The number of fused-ring (bicyclic) bond motifs is 1. The zero-order chi connectivity index (χ0) is 19.5. The molecule has 0 bridgehead atoms. The lowest BCUT2D eigenvalue weighted by Gasteiger charge is -2.09. The van der Waals surface area contributed by atoms with Gasteiger partial charge in [0, 0.05) is 10.4 Å². The van der Waals surface area contributed by atoms with E-state index in [0.717, 1.165) is 42.4 Å². The van der Waals surface area contributed by atoms with Gasteiger partial charge in [-0.1, -0.05) is 29.5 Å². The summed E-state index contributed by atoms with van der Waals surface area (Å²) in [5.74, 6) is 0.391. The van der Waals surface area contributed by atoms with Gasteiger partial charge in [0.05, 0.1) is 11.3 Å². The first-order valence-corrected chi connectivity index (χ1v) is 10.8. The number of thioether (sulfide) groups is 1. The summed E-state index contributed by atoms with van der Waals surface area (Å²) in [6.45, 7) is 2.00. The van der Waals surface area contributed by atoms with Gasteiger partial charge in [-0.15, -0.1) is 21.5 Å². The fourth-order valence-electron chi connectivity index (χ4n) is 3.23. The summed E-state index contributed by atoms with van der Waals surface area (Å²) in [5.41, 5.74) is 3.70. The number of carbonyl (C=O) groups is 1. The quantitative estimate of drug-likeness (QED) is 0.619. The number of rotatable bonds is 5. The maximum atomic E-state index is 12.4. The van der Waals surface area contributed by atoms with Gasteiger partial charge in [0.2, 0.25) is 11.8 Å². The minimum Gasteiger partial charge on any atom is -0.411 e. The highest BCUT2D eigenvalue weighted by Gasteiger charge is 2.22. The van der Waals surface area contributed by atoms with Crippen LogP contribution in [0, 0.1) is 18.3 Å². The number of nitrogens with zero attached hydrogens (tertiary/aromatic N) is 3. The van der Waals surface area contributed by atoms with Crippen molar-refractivity contribution in [2.24, 2.45) is 0 Å². The molecule has 6 nitrogen and oxygen atoms in total. The highest BCUT2D eigenvalue weighted by Crippen LogP contribution is 2.37. The van der Waals surface area contributed by atoms with Gasteiger partial charge in [0.25, 0.3) is 5.22 Å². The lowest BCUT2D eigenvalue weighted by Crippen LogP contribution is -2.14. The SMILES string of the molecule is Cc1cccc(-c2nnc(SCC(=O)Nc3sc4c(c3C#N)CCCC4)o2)c1. The minimum atomic E-state index is -0.185. The first kappa shape index (κ1) is 18.7. The molecule has 1 aliphatic rings. The molecule has 0 saturated carbocycles. The summed E-state index contributed by atoms with van der Waals surface area (Å²) < 4.78 is 5.65. The van der Waals surface area contributed by atoms with Crippen LogP contribution in [0.4, 0.5) is 5.00 Å². The van der Waals surface area contributed by atoms with E-state index in [9.17, 15) is 10.1 Å². The van der Waals surface area contributed by atoms with Crippen molar-refractivity contribution in [3.05, 3.63) is 45.8 Å². The second-order valence-corrected chi connectivity index (χ2v) is 8.64. The summed E-state index contributed by atoms with van der Waals surface area (Å²) >= 11 is 2.71. The Morgan fingerprint density at radius 1 is 1.36 bits per heavy atom. The fourth-order valence-corrected chi connectivity index (χ4v) is 5.04. The Morgan fingerprint density at radius 2 is 2.21 bits per heavy atom. The van der Waals surface area contributed by atoms with Gasteiger partial charge in [-0.05, 0) is 50.3 Å². The number of anilines is 1. The molecule has 0 radical (unpaired) electrons. The number of hydrogen-bond donors (Lipinski definition) is 1. The number of nitrogens with one attached hydrogen (secondary N) is 1. The summed E-state index contributed by atoms with van der Waals surface area (Å²) in [6.07, 6.45) is 4.15. The summed E-state index contributed by atoms with van der Waals surface area (Å²) in [5, 5.41) is 21.4. The largest absolute Gasteiger partial charge is 0.411 e. The summed E-state index contributed by atoms with van der Waals surface area (Å²) in [6, 6.07) is 10.1. The zero-order valence-electron chi connectivity index (χ0n) is 15.3. The van der Waals surface area contributed by atoms with E-state index in [4.69, 9.17) is 4.42 Å². The van der Waals surface area contributed by atoms with Crippen LogP contribution in [0.2, 0.25) is 0 Å². The van der Waals surface area contributed by atoms with Gasteiger partial charge in [-0.3, -0.25) is 4.79 Å². The van der Waals surface area contributed by atoms with Crippen LogP contribution in [0.15, 0.2) is 33.9 Å². The van der Waals surface area contributed by atoms with Gasteiger partial charge in [0.15, 0.2) is 0 Å². The topological polar surface area (TPSA) is 91.8 Å². The van der Waals surface area contributed by atoms with Crippen LogP contribution in [0.25, 0.3) is 11.5 Å². The molecule has 3 aromatic rings. The molecule has 0 unspecified atom stereocenters. The molecule has 2 aromatic heterocycles. The van der Waals surface area contributed by atoms with E-state index in [1.807, 2.05) is 31.2 Å². The molecule has 1 aromatic carbocycles. The Hall–Kier alpha value is -2.63. The first-order chi connectivity index (χ1) is 13.6. The monoisotopic (exact) mass is 410 g/mol. The fraction of sp³-hybridized carbons (Fsp3) is 0.300. The number of thiophene rings is 1. The number of carbonyl (C=O) groups excluding carboxylic acids is 1. The third-order valence-electron chi connectivity index (χ3n) is 4.53. The minimum absolute atomic E-state index is 0.142. The van der Waals surface area contributed by atoms with Crippen LogP contribution in [0.1, 0.15) is 34.4 Å². The van der Waals surface area contributed by atoms with Gasteiger partial charge >= 0.3 is 0 Å². The third-order valence-corrected chi connectivity index (χ3v) is 6.56. The second kappa shape index (κ2) is 8.17. The summed E-state index contributed by atoms with van der Waals surface area (Å²) in [7, 11) is 0. The number of hydrogen-bond acceptors (Lipinski definition) is 7. The van der Waals surface area contributed by atoms with Crippen LogP contribution in [-0.4, -0.2) is 21.9 Å². The number of nitriles is 1. The Labute approximate surface area is 171 Å². The van der Waals surface area contributed by atoms with Crippen LogP contribution in [0.5, 0.6) is 0 Å². The number of amides is 1. The van der Waals surface area contributed by atoms with Crippen molar-refractivity contribution < 1.29 is 9.21 Å². The van der Waals surface area contributed by atoms with Gasteiger partial charge < -0.3 is 9.73 Å². The molecule has 1 aliphatic carbocycles. The lowest BCUT2D eigenvalue weighted by molar-refractivity contribution is -0.113. The first-order valence-electron chi connectivity index (χ1n) is 9.02. The van der Waals surface area contributed by atoms with E-state index in [1.165, 1.54) is 28.0 Å². The summed E-state index contributed by atoms with van der Waals surface area (Å²) in [4.78, 5) is 13.6. The van der Waals surface area contributed by atoms with Crippen LogP contribution in [-0.2, 0) is 17.6 Å². The Bertz CT molecular complexity index is 1060. The highest BCUT2D eigenvalue weighted by atomic mass is 32.2. The predicted octanol–water partition coefficient (Wildman–Crippen LogP) is 4.59. The number of aryl methyl sites for hydroxylation is 2. The molecular weight excluding hydrogens is 392 g/mol. The predicted molar refractivity (Wildman–Crippen MR) is 110 cm³/mol. The molecule has 1 N–H and O–H groups in total. The van der Waals surface area contributed by atoms with Crippen LogP contribution < -0.4 is 5.32 Å². The average Bonchev–Trinajstić information content (AvgIpc) is 3.30. The molecule has 1 amide bonds. The van der Waals surface area contributed by atoms with Gasteiger partial charge in [-0.2, -0.15) is 5.26 Å². The molecule has 142 valence electrons. The molecule has 8 heteroatoms. The maximum Gasteiger partial charge on any atom is 0.277 e. The van der Waals surface area contributed by atoms with E-state index in [0.29, 0.717) is 21.7 Å². The van der Waals surface area contributed by atoms with E-state index < -0.39 is 0 Å². The molecule has 4 rings (SSSR count). The van der Waals surface area contributed by atoms with E-state index in [1.54, 1.807) is 0 Å². The maximum absolute atomic E-state index is 12.4. The third kappa shape index (κ3) is 3.96. The van der Waals surface area contributed by atoms with Crippen molar-refractivity contribution in [1.82, 2.24) is 10.2 Å². The molecule has 0 spiro atoms. The molecule has 0 fully saturated rings. The number of aromatic nitrogens is 2. The Kier molecular flexibility index (Phi) is 5.46. The van der Waals surface area contributed by atoms with E-state index >= 15 is 0 Å². The number of benzene rings is 1. The highest BCUT2D eigenvalue weighted by molar-refractivity contribution is 7.99. The average molecular weight is 411 g/mol. The Morgan fingerprint density at radius 3 is 3.04 bits per heavy atom. The van der Waals surface area contributed by atoms with Gasteiger partial charge in [-0.25, -0.2) is 0 Å². The molecule has 2 heterocycles. The normalized spacial score (nSPS) is 13.0. The van der Waals surface area contributed by atoms with Crippen LogP contribution >= 0.6 is 23.1 Å². The van der Waals surface area contributed by atoms with E-state index in [-0.39, 0.29) is 11.7 Å². The van der Waals surface area contributed by atoms with Gasteiger partial charge in [0.1, 0.15) is 11.1 Å². The zero-order valence-corrected chi connectivity index (χ0v) is 17.0. The molecule has 0 saturated heterocycles.